The van der Waals surface area contributed by atoms with Gasteiger partial charge in [0, 0.05) is 18.5 Å². The minimum Gasteiger partial charge on any atom is -0.353 e. The smallest absolute Gasteiger partial charge is 0.220 e. The number of nitrogens with one attached hydrogen (secondary N) is 2. The number of amides is 1. The molecule has 4 unspecified atom stereocenters. The van der Waals surface area contributed by atoms with Crippen LogP contribution < -0.4 is 10.6 Å². The molecule has 0 aromatic heterocycles. The minimum atomic E-state index is 0. The molecule has 4 heteroatoms. The Morgan fingerprint density at radius 3 is 2.57 bits per heavy atom. The van der Waals surface area contributed by atoms with Crippen LogP contribution in [0.2, 0.25) is 0 Å². The third-order valence-corrected chi connectivity index (χ3v) is 4.94. The average Bonchev–Trinajstić information content (AvgIpc) is 2.25. The molecule has 1 saturated heterocycles. The number of carbonyl (C=O) groups excluding carboxylic acids is 1. The number of halogens is 1. The van der Waals surface area contributed by atoms with Crippen LogP contribution in [-0.4, -0.2) is 24.5 Å². The zero-order valence-corrected chi connectivity index (χ0v) is 14.9. The van der Waals surface area contributed by atoms with Gasteiger partial charge in [-0.2, -0.15) is 0 Å². The summed E-state index contributed by atoms with van der Waals surface area (Å²) in [6.45, 7) is 10.3. The Bertz CT molecular complexity index is 346. The predicted octanol–water partition coefficient (Wildman–Crippen LogP) is 3.52. The molecule has 1 aliphatic carbocycles. The Morgan fingerprint density at radius 2 is 1.95 bits per heavy atom. The molecule has 1 amide bonds. The van der Waals surface area contributed by atoms with Crippen LogP contribution in [0, 0.1) is 17.3 Å². The summed E-state index contributed by atoms with van der Waals surface area (Å²) < 4.78 is 0. The van der Waals surface area contributed by atoms with Gasteiger partial charge in [-0.25, -0.2) is 0 Å². The van der Waals surface area contributed by atoms with Crippen molar-refractivity contribution in [3.8, 4) is 0 Å². The van der Waals surface area contributed by atoms with E-state index >= 15 is 0 Å². The van der Waals surface area contributed by atoms with E-state index in [2.05, 4.69) is 38.3 Å². The van der Waals surface area contributed by atoms with E-state index in [1.165, 1.54) is 19.3 Å². The molecule has 1 heterocycles. The molecule has 2 rings (SSSR count). The lowest BCUT2D eigenvalue weighted by Gasteiger charge is -2.39. The predicted molar refractivity (Wildman–Crippen MR) is 90.8 cm³/mol. The Labute approximate surface area is 136 Å². The number of rotatable bonds is 3. The van der Waals surface area contributed by atoms with E-state index < -0.39 is 0 Å². The van der Waals surface area contributed by atoms with Gasteiger partial charge in [0.25, 0.3) is 0 Å². The molecule has 21 heavy (non-hydrogen) atoms. The molecule has 0 radical (unpaired) electrons. The third-order valence-electron chi connectivity index (χ3n) is 4.94. The average molecular weight is 317 g/mol. The first kappa shape index (κ1) is 18.8. The maximum absolute atomic E-state index is 12.3. The molecular formula is C17H33ClN2O. The highest BCUT2D eigenvalue weighted by molar-refractivity contribution is 5.85. The number of carbonyl (C=O) groups is 1. The van der Waals surface area contributed by atoms with Crippen molar-refractivity contribution in [1.82, 2.24) is 10.6 Å². The van der Waals surface area contributed by atoms with Crippen LogP contribution in [-0.2, 0) is 4.79 Å². The molecule has 2 aliphatic rings. The monoisotopic (exact) mass is 316 g/mol. The zero-order chi connectivity index (χ0) is 14.8. The Balaban J connectivity index is 0.00000220. The maximum atomic E-state index is 12.3. The molecule has 0 bridgehead atoms. The van der Waals surface area contributed by atoms with Gasteiger partial charge >= 0.3 is 0 Å². The van der Waals surface area contributed by atoms with Gasteiger partial charge < -0.3 is 10.6 Å². The molecule has 1 saturated carbocycles. The summed E-state index contributed by atoms with van der Waals surface area (Å²) in [5.41, 5.74) is 0.409. The normalized spacial score (nSPS) is 35.6. The van der Waals surface area contributed by atoms with E-state index in [1.54, 1.807) is 0 Å². The van der Waals surface area contributed by atoms with Crippen molar-refractivity contribution in [2.45, 2.75) is 78.3 Å². The molecule has 4 atom stereocenters. The van der Waals surface area contributed by atoms with Crippen molar-refractivity contribution in [3.05, 3.63) is 0 Å². The van der Waals surface area contributed by atoms with Gasteiger partial charge in [-0.15, -0.1) is 12.4 Å². The fourth-order valence-corrected chi connectivity index (χ4v) is 4.51. The first-order chi connectivity index (χ1) is 9.34. The molecular weight excluding hydrogens is 284 g/mol. The minimum absolute atomic E-state index is 0. The number of hydrogen-bond acceptors (Lipinski definition) is 2. The fourth-order valence-electron chi connectivity index (χ4n) is 4.51. The lowest BCUT2D eigenvalue weighted by Crippen LogP contribution is -2.47. The highest BCUT2D eigenvalue weighted by atomic mass is 35.5. The molecule has 0 aromatic carbocycles. The van der Waals surface area contributed by atoms with Crippen LogP contribution in [0.5, 0.6) is 0 Å². The molecule has 124 valence electrons. The van der Waals surface area contributed by atoms with Crippen molar-refractivity contribution in [2.24, 2.45) is 17.3 Å². The van der Waals surface area contributed by atoms with Gasteiger partial charge in [0.05, 0.1) is 0 Å². The first-order valence-corrected chi connectivity index (χ1v) is 8.37. The summed E-state index contributed by atoms with van der Waals surface area (Å²) in [6.07, 6.45) is 6.59. The Morgan fingerprint density at radius 1 is 1.24 bits per heavy atom. The SMILES string of the molecule is CC1CC(CC(=O)NC2CCNC(C)C2)CC(C)(C)C1.Cl. The van der Waals surface area contributed by atoms with E-state index in [9.17, 15) is 4.79 Å². The van der Waals surface area contributed by atoms with Gasteiger partial charge in [-0.05, 0) is 62.8 Å². The second-order valence-electron chi connectivity index (χ2n) is 8.13. The van der Waals surface area contributed by atoms with E-state index in [0.29, 0.717) is 23.4 Å². The summed E-state index contributed by atoms with van der Waals surface area (Å²) in [6, 6.07) is 0.912. The molecule has 3 nitrogen and oxygen atoms in total. The molecule has 0 spiro atoms. The summed E-state index contributed by atoms with van der Waals surface area (Å²) in [5, 5.41) is 6.69. The quantitative estimate of drug-likeness (QED) is 0.836. The van der Waals surface area contributed by atoms with Crippen molar-refractivity contribution >= 4 is 18.3 Å². The van der Waals surface area contributed by atoms with Gasteiger partial charge in [-0.1, -0.05) is 20.8 Å². The fraction of sp³-hybridized carbons (Fsp3) is 0.941. The Kier molecular flexibility index (Phi) is 6.99. The summed E-state index contributed by atoms with van der Waals surface area (Å²) in [4.78, 5) is 12.3. The van der Waals surface area contributed by atoms with E-state index in [0.717, 1.165) is 31.7 Å². The summed E-state index contributed by atoms with van der Waals surface area (Å²) >= 11 is 0. The van der Waals surface area contributed by atoms with Crippen LogP contribution in [0.3, 0.4) is 0 Å². The van der Waals surface area contributed by atoms with Crippen LogP contribution in [0.15, 0.2) is 0 Å². The van der Waals surface area contributed by atoms with Crippen LogP contribution in [0.25, 0.3) is 0 Å². The van der Waals surface area contributed by atoms with Gasteiger partial charge in [0.15, 0.2) is 0 Å². The lowest BCUT2D eigenvalue weighted by molar-refractivity contribution is -0.123. The van der Waals surface area contributed by atoms with Crippen LogP contribution >= 0.6 is 12.4 Å². The highest BCUT2D eigenvalue weighted by Gasteiger charge is 2.33. The van der Waals surface area contributed by atoms with Crippen molar-refractivity contribution in [1.29, 1.82) is 0 Å². The van der Waals surface area contributed by atoms with E-state index in [1.807, 2.05) is 0 Å². The maximum Gasteiger partial charge on any atom is 0.220 e. The second-order valence-corrected chi connectivity index (χ2v) is 8.13. The second kappa shape index (κ2) is 7.82. The zero-order valence-electron chi connectivity index (χ0n) is 14.1. The van der Waals surface area contributed by atoms with Gasteiger partial charge in [-0.3, -0.25) is 4.79 Å². The van der Waals surface area contributed by atoms with Crippen LogP contribution in [0.1, 0.15) is 66.2 Å². The van der Waals surface area contributed by atoms with Crippen LogP contribution in [0.4, 0.5) is 0 Å². The van der Waals surface area contributed by atoms with E-state index in [4.69, 9.17) is 0 Å². The summed E-state index contributed by atoms with van der Waals surface area (Å²) in [7, 11) is 0. The summed E-state index contributed by atoms with van der Waals surface area (Å²) in [5.74, 6) is 1.61. The third kappa shape index (κ3) is 6.15. The standard InChI is InChI=1S/C17H32N2O.ClH/c1-12-7-14(11-17(3,4)10-12)9-16(20)19-15-5-6-18-13(2)8-15;/h12-15,18H,5-11H2,1-4H3,(H,19,20);1H. The molecule has 2 N–H and O–H groups in total. The Hall–Kier alpha value is -0.280. The van der Waals surface area contributed by atoms with Crippen molar-refractivity contribution in [3.63, 3.8) is 0 Å². The lowest BCUT2D eigenvalue weighted by atomic mass is 9.67. The largest absolute Gasteiger partial charge is 0.353 e. The number of hydrogen-bond donors (Lipinski definition) is 2. The first-order valence-electron chi connectivity index (χ1n) is 8.37. The molecule has 1 aliphatic heterocycles. The highest BCUT2D eigenvalue weighted by Crippen LogP contribution is 2.42. The van der Waals surface area contributed by atoms with Crippen molar-refractivity contribution in [2.75, 3.05) is 6.54 Å². The number of piperidine rings is 1. The van der Waals surface area contributed by atoms with E-state index in [-0.39, 0.29) is 18.3 Å². The van der Waals surface area contributed by atoms with Gasteiger partial charge in [0.2, 0.25) is 5.91 Å². The molecule has 0 aromatic rings. The van der Waals surface area contributed by atoms with Crippen molar-refractivity contribution < 1.29 is 4.79 Å². The topological polar surface area (TPSA) is 41.1 Å². The molecule has 2 fully saturated rings. The van der Waals surface area contributed by atoms with Gasteiger partial charge in [0.1, 0.15) is 0 Å².